The van der Waals surface area contributed by atoms with E-state index < -0.39 is 0 Å². The predicted octanol–water partition coefficient (Wildman–Crippen LogP) is 1.33. The van der Waals surface area contributed by atoms with Crippen LogP contribution in [-0.4, -0.2) is 34.1 Å². The number of amides is 1. The number of hydrogen-bond donors (Lipinski definition) is 2. The molecule has 0 radical (unpaired) electrons. The Morgan fingerprint density at radius 3 is 2.86 bits per heavy atom. The Bertz CT molecular complexity index is 604. The van der Waals surface area contributed by atoms with Crippen molar-refractivity contribution < 1.29 is 9.53 Å². The Balaban J connectivity index is 1.71. The maximum atomic E-state index is 12.3. The fourth-order valence-corrected chi connectivity index (χ4v) is 2.76. The van der Waals surface area contributed by atoms with E-state index in [4.69, 9.17) is 4.74 Å². The highest BCUT2D eigenvalue weighted by atomic mass is 16.5. The lowest BCUT2D eigenvalue weighted by Gasteiger charge is -2.35. The van der Waals surface area contributed by atoms with Crippen molar-refractivity contribution >= 4 is 5.91 Å². The van der Waals surface area contributed by atoms with Crippen LogP contribution in [0.15, 0.2) is 10.9 Å². The lowest BCUT2D eigenvalue weighted by Crippen LogP contribution is -2.46. The van der Waals surface area contributed by atoms with Gasteiger partial charge in [-0.1, -0.05) is 0 Å². The molecule has 1 saturated carbocycles. The molecule has 0 unspecified atom stereocenters. The molecular formula is C15H21N3O3. The molecule has 2 N–H and O–H groups in total. The first-order valence-electron chi connectivity index (χ1n) is 7.49. The lowest BCUT2D eigenvalue weighted by molar-refractivity contribution is -0.0615. The quantitative estimate of drug-likeness (QED) is 0.880. The number of ether oxygens (including phenoxy) is 1. The Morgan fingerprint density at radius 2 is 2.19 bits per heavy atom. The molecule has 1 amide bonds. The second-order valence-electron chi connectivity index (χ2n) is 6.56. The monoisotopic (exact) mass is 291 g/mol. The van der Waals surface area contributed by atoms with Gasteiger partial charge in [-0.2, -0.15) is 0 Å². The molecular weight excluding hydrogens is 270 g/mol. The Morgan fingerprint density at radius 1 is 1.43 bits per heavy atom. The van der Waals surface area contributed by atoms with E-state index in [0.29, 0.717) is 18.3 Å². The number of hydrogen-bond acceptors (Lipinski definition) is 4. The van der Waals surface area contributed by atoms with E-state index in [0.717, 1.165) is 25.7 Å². The highest BCUT2D eigenvalue weighted by Crippen LogP contribution is 2.37. The summed E-state index contributed by atoms with van der Waals surface area (Å²) in [6.45, 7) is 4.66. The summed E-state index contributed by atoms with van der Waals surface area (Å²) in [6, 6.07) is 1.33. The molecule has 2 aliphatic rings. The van der Waals surface area contributed by atoms with Gasteiger partial charge in [0, 0.05) is 24.6 Å². The molecule has 0 spiro atoms. The first kappa shape index (κ1) is 14.3. The predicted molar refractivity (Wildman–Crippen MR) is 77.4 cm³/mol. The van der Waals surface area contributed by atoms with E-state index in [2.05, 4.69) is 15.3 Å². The summed E-state index contributed by atoms with van der Waals surface area (Å²) in [5.41, 5.74) is -0.272. The number of carbonyl (C=O) groups is 1. The average Bonchev–Trinajstić information content (AvgIpc) is 3.21. The second-order valence-corrected chi connectivity index (χ2v) is 6.56. The van der Waals surface area contributed by atoms with Crippen molar-refractivity contribution in [1.29, 1.82) is 0 Å². The van der Waals surface area contributed by atoms with Gasteiger partial charge in [-0.05, 0) is 39.5 Å². The summed E-state index contributed by atoms with van der Waals surface area (Å²) in [5, 5.41) is 2.97. The first-order valence-corrected chi connectivity index (χ1v) is 7.49. The van der Waals surface area contributed by atoms with Crippen molar-refractivity contribution in [3.05, 3.63) is 27.9 Å². The third-order valence-corrected chi connectivity index (χ3v) is 3.99. The zero-order chi connectivity index (χ0) is 15.0. The zero-order valence-electron chi connectivity index (χ0n) is 12.4. The van der Waals surface area contributed by atoms with Crippen molar-refractivity contribution in [3.8, 4) is 0 Å². The van der Waals surface area contributed by atoms with Gasteiger partial charge in [0.1, 0.15) is 11.5 Å². The normalized spacial score (nSPS) is 24.6. The maximum Gasteiger partial charge on any atom is 0.270 e. The topological polar surface area (TPSA) is 84.1 Å². The largest absolute Gasteiger partial charge is 0.375 e. The van der Waals surface area contributed by atoms with Crippen molar-refractivity contribution in [2.75, 3.05) is 6.61 Å². The van der Waals surface area contributed by atoms with Crippen LogP contribution < -0.4 is 10.9 Å². The van der Waals surface area contributed by atoms with Crippen molar-refractivity contribution in [2.24, 2.45) is 0 Å². The van der Waals surface area contributed by atoms with Crippen molar-refractivity contribution in [3.63, 3.8) is 0 Å². The van der Waals surface area contributed by atoms with Crippen LogP contribution in [0.5, 0.6) is 0 Å². The van der Waals surface area contributed by atoms with Crippen LogP contribution in [-0.2, 0) is 4.74 Å². The standard InChI is InChI=1S/C15H21N3O3/c1-15(2)8-10(5-6-21-15)16-14(20)11-7-12(19)18-13(17-11)9-3-4-9/h7,9-10H,3-6,8H2,1-2H3,(H,16,20)(H,17,18,19)/t10-/m1/s1. The third-order valence-electron chi connectivity index (χ3n) is 3.99. The average molecular weight is 291 g/mol. The smallest absolute Gasteiger partial charge is 0.270 e. The van der Waals surface area contributed by atoms with Crippen LogP contribution >= 0.6 is 0 Å². The minimum Gasteiger partial charge on any atom is -0.375 e. The molecule has 21 heavy (non-hydrogen) atoms. The molecule has 6 heteroatoms. The summed E-state index contributed by atoms with van der Waals surface area (Å²) in [4.78, 5) is 31.0. The van der Waals surface area contributed by atoms with Gasteiger partial charge >= 0.3 is 0 Å². The molecule has 1 saturated heterocycles. The van der Waals surface area contributed by atoms with Gasteiger partial charge in [0.2, 0.25) is 0 Å². The molecule has 1 aromatic heterocycles. The van der Waals surface area contributed by atoms with E-state index in [-0.39, 0.29) is 28.8 Å². The Labute approximate surface area is 123 Å². The van der Waals surface area contributed by atoms with Gasteiger partial charge in [-0.3, -0.25) is 9.59 Å². The van der Waals surface area contributed by atoms with Gasteiger partial charge in [-0.15, -0.1) is 0 Å². The molecule has 2 fully saturated rings. The zero-order valence-corrected chi connectivity index (χ0v) is 12.4. The van der Waals surface area contributed by atoms with Gasteiger partial charge in [0.25, 0.3) is 11.5 Å². The summed E-state index contributed by atoms with van der Waals surface area (Å²) >= 11 is 0. The van der Waals surface area contributed by atoms with Gasteiger partial charge < -0.3 is 15.0 Å². The Kier molecular flexibility index (Phi) is 3.57. The highest BCUT2D eigenvalue weighted by molar-refractivity contribution is 5.92. The summed E-state index contributed by atoms with van der Waals surface area (Å²) in [6.07, 6.45) is 3.61. The van der Waals surface area contributed by atoms with Crippen LogP contribution in [0.2, 0.25) is 0 Å². The third kappa shape index (κ3) is 3.50. The molecule has 1 aliphatic carbocycles. The molecule has 0 bridgehead atoms. The molecule has 6 nitrogen and oxygen atoms in total. The SMILES string of the molecule is CC1(C)C[C@H](NC(=O)c2cc(=O)[nH]c(C3CC3)n2)CCO1. The minimum absolute atomic E-state index is 0.0618. The van der Waals surface area contributed by atoms with Crippen LogP contribution in [0.4, 0.5) is 0 Å². The number of aromatic nitrogens is 2. The van der Waals surface area contributed by atoms with Crippen molar-refractivity contribution in [1.82, 2.24) is 15.3 Å². The van der Waals surface area contributed by atoms with Crippen LogP contribution in [0.1, 0.15) is 61.8 Å². The van der Waals surface area contributed by atoms with E-state index in [1.54, 1.807) is 0 Å². The molecule has 1 atom stereocenters. The van der Waals surface area contributed by atoms with E-state index in [9.17, 15) is 9.59 Å². The second kappa shape index (κ2) is 5.26. The van der Waals surface area contributed by atoms with Crippen LogP contribution in [0, 0.1) is 0 Å². The summed E-state index contributed by atoms with van der Waals surface area (Å²) in [7, 11) is 0. The molecule has 1 aromatic rings. The minimum atomic E-state index is -0.272. The van der Waals surface area contributed by atoms with E-state index >= 15 is 0 Å². The fraction of sp³-hybridized carbons (Fsp3) is 0.667. The van der Waals surface area contributed by atoms with Gasteiger partial charge in [0.05, 0.1) is 5.60 Å². The maximum absolute atomic E-state index is 12.3. The van der Waals surface area contributed by atoms with E-state index in [1.807, 2.05) is 13.8 Å². The lowest BCUT2D eigenvalue weighted by atomic mass is 9.94. The fourth-order valence-electron chi connectivity index (χ4n) is 2.76. The van der Waals surface area contributed by atoms with Gasteiger partial charge in [0.15, 0.2) is 0 Å². The number of rotatable bonds is 3. The number of carbonyl (C=O) groups excluding carboxylic acids is 1. The summed E-state index contributed by atoms with van der Waals surface area (Å²) in [5.74, 6) is 0.679. The molecule has 114 valence electrons. The van der Waals surface area contributed by atoms with Crippen molar-refractivity contribution in [2.45, 2.75) is 57.1 Å². The number of nitrogens with zero attached hydrogens (tertiary/aromatic N) is 1. The van der Waals surface area contributed by atoms with E-state index in [1.165, 1.54) is 6.07 Å². The van der Waals surface area contributed by atoms with Crippen LogP contribution in [0.25, 0.3) is 0 Å². The molecule has 2 heterocycles. The van der Waals surface area contributed by atoms with Gasteiger partial charge in [-0.25, -0.2) is 4.98 Å². The summed E-state index contributed by atoms with van der Waals surface area (Å²) < 4.78 is 5.64. The Hall–Kier alpha value is -1.69. The number of aromatic amines is 1. The molecule has 1 aliphatic heterocycles. The number of nitrogens with one attached hydrogen (secondary N) is 2. The first-order chi connectivity index (χ1) is 9.93. The number of H-pyrrole nitrogens is 1. The molecule has 0 aromatic carbocycles. The molecule has 3 rings (SSSR count). The highest BCUT2D eigenvalue weighted by Gasteiger charge is 2.31. The van der Waals surface area contributed by atoms with Crippen LogP contribution in [0.3, 0.4) is 0 Å².